The van der Waals surface area contributed by atoms with Crippen LogP contribution < -0.4 is 4.74 Å². The average molecular weight is 256 g/mol. The zero-order chi connectivity index (χ0) is 13.1. The van der Waals surface area contributed by atoms with Gasteiger partial charge in [0.25, 0.3) is 0 Å². The Morgan fingerprint density at radius 1 is 1.56 bits per heavy atom. The van der Waals surface area contributed by atoms with E-state index in [9.17, 15) is 13.6 Å². The molecule has 1 atom stereocenters. The van der Waals surface area contributed by atoms with Gasteiger partial charge in [0, 0.05) is 18.4 Å². The highest BCUT2D eigenvalue weighted by atomic mass is 19.1. The van der Waals surface area contributed by atoms with Crippen molar-refractivity contribution in [2.24, 2.45) is 0 Å². The molecule has 0 spiro atoms. The Bertz CT molecular complexity index is 460. The second kappa shape index (κ2) is 5.33. The van der Waals surface area contributed by atoms with Gasteiger partial charge in [-0.3, -0.25) is 0 Å². The van der Waals surface area contributed by atoms with Crippen molar-refractivity contribution in [1.82, 2.24) is 0 Å². The summed E-state index contributed by atoms with van der Waals surface area (Å²) in [5.41, 5.74) is 0.916. The Hall–Kier alpha value is -1.65. The summed E-state index contributed by atoms with van der Waals surface area (Å²) in [6.07, 6.45) is -1.52. The molecule has 1 aromatic rings. The molecule has 0 aromatic heterocycles. The zero-order valence-corrected chi connectivity index (χ0v) is 10.0. The summed E-state index contributed by atoms with van der Waals surface area (Å²) in [5.74, 6) is -0.896. The van der Waals surface area contributed by atoms with Crippen LogP contribution in [0.5, 0.6) is 5.75 Å². The molecule has 1 aliphatic rings. The van der Waals surface area contributed by atoms with E-state index in [0.29, 0.717) is 18.8 Å². The molecule has 0 saturated heterocycles. The van der Waals surface area contributed by atoms with Crippen molar-refractivity contribution in [3.63, 3.8) is 0 Å². The number of fused-ring (bicyclic) bond motifs is 1. The smallest absolute Gasteiger partial charge is 0.341 e. The molecule has 1 aliphatic heterocycles. The van der Waals surface area contributed by atoms with E-state index in [2.05, 4.69) is 4.74 Å². The van der Waals surface area contributed by atoms with Crippen LogP contribution in [0.15, 0.2) is 12.1 Å². The van der Waals surface area contributed by atoms with E-state index < -0.39 is 18.0 Å². The van der Waals surface area contributed by atoms with Crippen LogP contribution in [0.4, 0.5) is 8.78 Å². The molecule has 1 heterocycles. The van der Waals surface area contributed by atoms with Gasteiger partial charge in [-0.05, 0) is 24.6 Å². The monoisotopic (exact) mass is 256 g/mol. The van der Waals surface area contributed by atoms with Gasteiger partial charge in [-0.1, -0.05) is 0 Å². The lowest BCUT2D eigenvalue weighted by Crippen LogP contribution is -2.21. The summed E-state index contributed by atoms with van der Waals surface area (Å²) in [6.45, 7) is 2.21. The molecular formula is C13H14F2O3. The van der Waals surface area contributed by atoms with Crippen molar-refractivity contribution in [2.45, 2.75) is 25.9 Å². The summed E-state index contributed by atoms with van der Waals surface area (Å²) < 4.78 is 37.0. The number of hydrogen-bond acceptors (Lipinski definition) is 3. The predicted molar refractivity (Wildman–Crippen MR) is 60.8 cm³/mol. The first-order chi connectivity index (χ1) is 8.61. The number of rotatable bonds is 4. The fourth-order valence-electron chi connectivity index (χ4n) is 1.90. The summed E-state index contributed by atoms with van der Waals surface area (Å²) in [5, 5.41) is 0. The fraction of sp³-hybridized carbons (Fsp3) is 0.462. The molecule has 0 aliphatic carbocycles. The molecule has 98 valence electrons. The number of alkyl halides is 1. The lowest BCUT2D eigenvalue weighted by molar-refractivity contribution is -0.149. The van der Waals surface area contributed by atoms with Crippen LogP contribution in [0, 0.1) is 5.82 Å². The highest BCUT2D eigenvalue weighted by molar-refractivity contribution is 5.75. The first-order valence-electron chi connectivity index (χ1n) is 5.86. The quantitative estimate of drug-likeness (QED) is 0.775. The van der Waals surface area contributed by atoms with Crippen LogP contribution in [0.3, 0.4) is 0 Å². The van der Waals surface area contributed by atoms with E-state index in [-0.39, 0.29) is 18.6 Å². The standard InChI is InChI=1S/C13H14F2O3/c1-2-17-13(16)11(15)6-9-7-12-8(3-4-18-12)5-10(9)14/h5,7,11H,2-4,6H2,1H3. The molecule has 0 amide bonds. The number of carbonyl (C=O) groups is 1. The van der Waals surface area contributed by atoms with E-state index in [0.717, 1.165) is 5.56 Å². The van der Waals surface area contributed by atoms with Gasteiger partial charge in [0.05, 0.1) is 13.2 Å². The summed E-state index contributed by atoms with van der Waals surface area (Å²) in [7, 11) is 0. The van der Waals surface area contributed by atoms with Gasteiger partial charge >= 0.3 is 5.97 Å². The van der Waals surface area contributed by atoms with Crippen LogP contribution in [0.1, 0.15) is 18.1 Å². The fourth-order valence-corrected chi connectivity index (χ4v) is 1.90. The first-order valence-corrected chi connectivity index (χ1v) is 5.86. The van der Waals surface area contributed by atoms with Crippen molar-refractivity contribution >= 4 is 5.97 Å². The lowest BCUT2D eigenvalue weighted by atomic mass is 10.0. The SMILES string of the molecule is CCOC(=O)C(F)Cc1cc2c(cc1F)CCO2. The minimum absolute atomic E-state index is 0.106. The zero-order valence-electron chi connectivity index (χ0n) is 10.0. The maximum atomic E-state index is 13.7. The number of carbonyl (C=O) groups excluding carboxylic acids is 1. The molecule has 1 aromatic carbocycles. The minimum atomic E-state index is -1.85. The molecule has 18 heavy (non-hydrogen) atoms. The van der Waals surface area contributed by atoms with E-state index in [1.165, 1.54) is 12.1 Å². The molecular weight excluding hydrogens is 242 g/mol. The number of ether oxygens (including phenoxy) is 2. The molecule has 1 unspecified atom stereocenters. The van der Waals surface area contributed by atoms with Crippen LogP contribution in [0.2, 0.25) is 0 Å². The van der Waals surface area contributed by atoms with E-state index in [1.54, 1.807) is 6.92 Å². The lowest BCUT2D eigenvalue weighted by Gasteiger charge is -2.09. The summed E-state index contributed by atoms with van der Waals surface area (Å²) in [6, 6.07) is 2.80. The van der Waals surface area contributed by atoms with E-state index >= 15 is 0 Å². The summed E-state index contributed by atoms with van der Waals surface area (Å²) >= 11 is 0. The largest absolute Gasteiger partial charge is 0.493 e. The Labute approximate surface area is 104 Å². The van der Waals surface area contributed by atoms with Crippen LogP contribution in [-0.2, 0) is 22.4 Å². The molecule has 3 nitrogen and oxygen atoms in total. The Kier molecular flexibility index (Phi) is 3.79. The van der Waals surface area contributed by atoms with Gasteiger partial charge in [-0.25, -0.2) is 13.6 Å². The Morgan fingerprint density at radius 2 is 2.33 bits per heavy atom. The molecule has 2 rings (SSSR count). The van der Waals surface area contributed by atoms with Gasteiger partial charge < -0.3 is 9.47 Å². The maximum Gasteiger partial charge on any atom is 0.341 e. The summed E-state index contributed by atoms with van der Waals surface area (Å²) in [4.78, 5) is 11.1. The predicted octanol–water partition coefficient (Wildman–Crippen LogP) is 2.20. The minimum Gasteiger partial charge on any atom is -0.493 e. The van der Waals surface area contributed by atoms with Gasteiger partial charge in [0.15, 0.2) is 0 Å². The van der Waals surface area contributed by atoms with Crippen LogP contribution in [-0.4, -0.2) is 25.4 Å². The third-order valence-corrected chi connectivity index (χ3v) is 2.80. The average Bonchev–Trinajstić information content (AvgIpc) is 2.76. The third kappa shape index (κ3) is 2.60. The van der Waals surface area contributed by atoms with Gasteiger partial charge in [-0.2, -0.15) is 0 Å². The number of esters is 1. The normalized spacial score (nSPS) is 14.8. The number of benzene rings is 1. The number of halogens is 2. The first kappa shape index (κ1) is 12.8. The van der Waals surface area contributed by atoms with Crippen molar-refractivity contribution in [3.05, 3.63) is 29.1 Å². The molecule has 0 fully saturated rings. The van der Waals surface area contributed by atoms with Crippen LogP contribution >= 0.6 is 0 Å². The second-order valence-corrected chi connectivity index (χ2v) is 4.07. The van der Waals surface area contributed by atoms with Crippen molar-refractivity contribution < 1.29 is 23.0 Å². The van der Waals surface area contributed by atoms with Crippen LogP contribution in [0.25, 0.3) is 0 Å². The Balaban J connectivity index is 2.12. The number of hydrogen-bond donors (Lipinski definition) is 0. The second-order valence-electron chi connectivity index (χ2n) is 4.07. The molecule has 0 bridgehead atoms. The highest BCUT2D eigenvalue weighted by Crippen LogP contribution is 2.29. The van der Waals surface area contributed by atoms with E-state index in [1.807, 2.05) is 0 Å². The highest BCUT2D eigenvalue weighted by Gasteiger charge is 2.23. The molecule has 5 heteroatoms. The molecule has 0 N–H and O–H groups in total. The van der Waals surface area contributed by atoms with Crippen molar-refractivity contribution in [2.75, 3.05) is 13.2 Å². The van der Waals surface area contributed by atoms with Gasteiger partial charge in [0.2, 0.25) is 6.17 Å². The molecule has 0 saturated carbocycles. The Morgan fingerprint density at radius 3 is 3.06 bits per heavy atom. The molecule has 0 radical (unpaired) electrons. The van der Waals surface area contributed by atoms with Crippen molar-refractivity contribution in [1.29, 1.82) is 0 Å². The van der Waals surface area contributed by atoms with Gasteiger partial charge in [-0.15, -0.1) is 0 Å². The van der Waals surface area contributed by atoms with Gasteiger partial charge in [0.1, 0.15) is 11.6 Å². The van der Waals surface area contributed by atoms with Crippen molar-refractivity contribution in [3.8, 4) is 5.75 Å². The third-order valence-electron chi connectivity index (χ3n) is 2.80. The van der Waals surface area contributed by atoms with E-state index in [4.69, 9.17) is 4.74 Å². The topological polar surface area (TPSA) is 35.5 Å². The maximum absolute atomic E-state index is 13.7.